The van der Waals surface area contributed by atoms with Gasteiger partial charge in [-0.15, -0.1) is 0 Å². The van der Waals surface area contributed by atoms with Gasteiger partial charge in [-0.1, -0.05) is 19.8 Å². The van der Waals surface area contributed by atoms with Gasteiger partial charge >= 0.3 is 0 Å². The minimum Gasteiger partial charge on any atom is -0.296 e. The van der Waals surface area contributed by atoms with Gasteiger partial charge in [0.1, 0.15) is 0 Å². The fourth-order valence-corrected chi connectivity index (χ4v) is 3.87. The predicted octanol–water partition coefficient (Wildman–Crippen LogP) is 3.58. The highest BCUT2D eigenvalue weighted by Gasteiger charge is 2.37. The van der Waals surface area contributed by atoms with Gasteiger partial charge in [-0.3, -0.25) is 4.90 Å². The molecular weight excluding hydrogens is 208 g/mol. The van der Waals surface area contributed by atoms with Crippen LogP contribution in [0.1, 0.15) is 58.8 Å². The van der Waals surface area contributed by atoms with Crippen molar-refractivity contribution < 1.29 is 0 Å². The maximum absolute atomic E-state index is 9.35. The molecule has 0 aromatic heterocycles. The molecule has 0 aromatic rings. The summed E-state index contributed by atoms with van der Waals surface area (Å²) in [4.78, 5) is 2.63. The predicted molar refractivity (Wildman–Crippen MR) is 70.5 cm³/mol. The molecular formula is C15H26N2. The summed E-state index contributed by atoms with van der Waals surface area (Å²) >= 11 is 0. The molecule has 0 aromatic carbocycles. The first-order valence-electron chi connectivity index (χ1n) is 7.41. The Morgan fingerprint density at radius 2 is 2.12 bits per heavy atom. The number of nitriles is 1. The number of hydrogen-bond donors (Lipinski definition) is 0. The quantitative estimate of drug-likeness (QED) is 0.746. The second-order valence-corrected chi connectivity index (χ2v) is 6.00. The van der Waals surface area contributed by atoms with Crippen molar-refractivity contribution in [3.63, 3.8) is 0 Å². The second-order valence-electron chi connectivity index (χ2n) is 6.00. The molecule has 1 aliphatic heterocycles. The van der Waals surface area contributed by atoms with Crippen molar-refractivity contribution in [2.24, 2.45) is 11.8 Å². The summed E-state index contributed by atoms with van der Waals surface area (Å²) in [6, 6.07) is 3.84. The lowest BCUT2D eigenvalue weighted by atomic mass is 9.76. The first kappa shape index (κ1) is 12.9. The smallest absolute Gasteiger partial charge is 0.0672 e. The van der Waals surface area contributed by atoms with E-state index in [1.807, 2.05) is 0 Å². The fourth-order valence-electron chi connectivity index (χ4n) is 3.87. The van der Waals surface area contributed by atoms with E-state index in [-0.39, 0.29) is 0 Å². The molecule has 96 valence electrons. The Morgan fingerprint density at radius 3 is 2.71 bits per heavy atom. The lowest BCUT2D eigenvalue weighted by molar-refractivity contribution is 0.0929. The van der Waals surface area contributed by atoms with E-state index in [0.717, 1.165) is 12.3 Å². The molecule has 2 heteroatoms. The number of nitrogens with zero attached hydrogens (tertiary/aromatic N) is 2. The van der Waals surface area contributed by atoms with Crippen molar-refractivity contribution in [2.45, 2.75) is 70.9 Å². The lowest BCUT2D eigenvalue weighted by Crippen LogP contribution is -2.45. The lowest BCUT2D eigenvalue weighted by Gasteiger charge is -2.40. The molecule has 1 saturated carbocycles. The molecule has 2 fully saturated rings. The summed E-state index contributed by atoms with van der Waals surface area (Å²) < 4.78 is 0. The van der Waals surface area contributed by atoms with E-state index < -0.39 is 0 Å². The van der Waals surface area contributed by atoms with Crippen LogP contribution in [0.3, 0.4) is 0 Å². The minimum atomic E-state index is 0.295. The van der Waals surface area contributed by atoms with Gasteiger partial charge in [-0.05, 0) is 51.5 Å². The second kappa shape index (κ2) is 5.87. The third-order valence-electron chi connectivity index (χ3n) is 4.82. The van der Waals surface area contributed by atoms with E-state index in [0.29, 0.717) is 18.0 Å². The van der Waals surface area contributed by atoms with Crippen LogP contribution in [-0.2, 0) is 0 Å². The molecule has 0 radical (unpaired) electrons. The zero-order valence-electron chi connectivity index (χ0n) is 11.4. The number of likely N-dealkylation sites (tertiary alicyclic amines) is 1. The van der Waals surface area contributed by atoms with Gasteiger partial charge in [0, 0.05) is 12.1 Å². The molecule has 17 heavy (non-hydrogen) atoms. The van der Waals surface area contributed by atoms with Crippen LogP contribution in [0.4, 0.5) is 0 Å². The van der Waals surface area contributed by atoms with E-state index in [9.17, 15) is 5.26 Å². The molecule has 0 spiro atoms. The van der Waals surface area contributed by atoms with E-state index in [2.05, 4.69) is 24.8 Å². The van der Waals surface area contributed by atoms with Crippen LogP contribution in [0, 0.1) is 23.2 Å². The van der Waals surface area contributed by atoms with E-state index in [4.69, 9.17) is 0 Å². The van der Waals surface area contributed by atoms with Gasteiger partial charge in [0.25, 0.3) is 0 Å². The van der Waals surface area contributed by atoms with Crippen LogP contribution in [-0.4, -0.2) is 23.5 Å². The van der Waals surface area contributed by atoms with Crippen LogP contribution in [0.2, 0.25) is 0 Å². The maximum atomic E-state index is 9.35. The summed E-state index contributed by atoms with van der Waals surface area (Å²) in [6.07, 6.45) is 9.00. The summed E-state index contributed by atoms with van der Waals surface area (Å²) in [7, 11) is 0. The molecule has 2 nitrogen and oxygen atoms in total. The van der Waals surface area contributed by atoms with Crippen LogP contribution < -0.4 is 0 Å². The average molecular weight is 234 g/mol. The van der Waals surface area contributed by atoms with E-state index >= 15 is 0 Å². The number of rotatable bonds is 3. The Hall–Kier alpha value is -0.550. The molecule has 1 saturated heterocycles. The zero-order valence-corrected chi connectivity index (χ0v) is 11.4. The monoisotopic (exact) mass is 234 g/mol. The summed E-state index contributed by atoms with van der Waals surface area (Å²) in [5.41, 5.74) is 0. The summed E-state index contributed by atoms with van der Waals surface area (Å²) in [5.74, 6) is 1.17. The van der Waals surface area contributed by atoms with Crippen LogP contribution >= 0.6 is 0 Å². The highest BCUT2D eigenvalue weighted by molar-refractivity contribution is 4.99. The van der Waals surface area contributed by atoms with Crippen molar-refractivity contribution in [3.8, 4) is 6.07 Å². The summed E-state index contributed by atoms with van der Waals surface area (Å²) in [6.45, 7) is 5.84. The normalized spacial score (nSPS) is 39.1. The van der Waals surface area contributed by atoms with Crippen molar-refractivity contribution in [1.29, 1.82) is 5.26 Å². The van der Waals surface area contributed by atoms with Gasteiger partial charge in [0.05, 0.1) is 12.0 Å². The molecule has 1 aliphatic carbocycles. The van der Waals surface area contributed by atoms with Crippen molar-refractivity contribution in [2.75, 3.05) is 6.54 Å². The highest BCUT2D eigenvalue weighted by Crippen LogP contribution is 2.37. The molecule has 0 bridgehead atoms. The Bertz CT molecular complexity index is 281. The van der Waals surface area contributed by atoms with Crippen molar-refractivity contribution >= 4 is 0 Å². The van der Waals surface area contributed by atoms with Gasteiger partial charge in [-0.2, -0.15) is 5.26 Å². The first-order chi connectivity index (χ1) is 8.26. The molecule has 1 heterocycles. The Balaban J connectivity index is 2.02. The number of hydrogen-bond acceptors (Lipinski definition) is 2. The highest BCUT2D eigenvalue weighted by atomic mass is 15.2. The molecule has 4 atom stereocenters. The Morgan fingerprint density at radius 1 is 1.29 bits per heavy atom. The van der Waals surface area contributed by atoms with E-state index in [1.165, 1.54) is 45.1 Å². The maximum Gasteiger partial charge on any atom is 0.0672 e. The average Bonchev–Trinajstić information content (AvgIpc) is 2.76. The van der Waals surface area contributed by atoms with Gasteiger partial charge < -0.3 is 0 Å². The molecule has 0 N–H and O–H groups in total. The Kier molecular flexibility index (Phi) is 4.45. The zero-order chi connectivity index (χ0) is 12.3. The Labute approximate surface area is 106 Å². The SMILES string of the molecule is CCCC1CCC(C#N)C(N2CCCC2C)C1. The largest absolute Gasteiger partial charge is 0.296 e. The topological polar surface area (TPSA) is 27.0 Å². The van der Waals surface area contributed by atoms with Gasteiger partial charge in [0.2, 0.25) is 0 Å². The van der Waals surface area contributed by atoms with Gasteiger partial charge in [0.15, 0.2) is 0 Å². The van der Waals surface area contributed by atoms with Crippen LogP contribution in [0.25, 0.3) is 0 Å². The summed E-state index contributed by atoms with van der Waals surface area (Å²) in [5, 5.41) is 9.35. The first-order valence-corrected chi connectivity index (χ1v) is 7.41. The molecule has 0 amide bonds. The fraction of sp³-hybridized carbons (Fsp3) is 0.933. The standard InChI is InChI=1S/C15H26N2/c1-3-5-13-7-8-14(11-16)15(10-13)17-9-4-6-12(17)2/h12-15H,3-10H2,1-2H3. The van der Waals surface area contributed by atoms with Crippen LogP contribution in [0.15, 0.2) is 0 Å². The van der Waals surface area contributed by atoms with Gasteiger partial charge in [-0.25, -0.2) is 0 Å². The molecule has 4 unspecified atom stereocenters. The third kappa shape index (κ3) is 2.83. The van der Waals surface area contributed by atoms with Crippen LogP contribution in [0.5, 0.6) is 0 Å². The minimum absolute atomic E-state index is 0.295. The van der Waals surface area contributed by atoms with Crippen molar-refractivity contribution in [3.05, 3.63) is 0 Å². The third-order valence-corrected chi connectivity index (χ3v) is 4.82. The van der Waals surface area contributed by atoms with E-state index in [1.54, 1.807) is 0 Å². The van der Waals surface area contributed by atoms with Crippen molar-refractivity contribution in [1.82, 2.24) is 4.90 Å². The molecule has 2 aliphatic rings. The molecule has 2 rings (SSSR count).